The molecule has 1 saturated carbocycles. The third kappa shape index (κ3) is 1.48. The summed E-state index contributed by atoms with van der Waals surface area (Å²) in [6, 6.07) is 0.730. The van der Waals surface area contributed by atoms with E-state index in [-0.39, 0.29) is 17.6 Å². The molecule has 0 aromatic rings. The lowest BCUT2D eigenvalue weighted by atomic mass is 9.94. The molecule has 2 heterocycles. The molecule has 2 N–H and O–H groups in total. The van der Waals surface area contributed by atoms with Crippen molar-refractivity contribution in [3.8, 4) is 0 Å². The number of rotatable bonds is 2. The Morgan fingerprint density at radius 3 is 2.76 bits per heavy atom. The van der Waals surface area contributed by atoms with E-state index in [2.05, 4.69) is 9.89 Å². The van der Waals surface area contributed by atoms with Gasteiger partial charge in [-0.2, -0.15) is 4.99 Å². The van der Waals surface area contributed by atoms with Gasteiger partial charge < -0.3 is 10.6 Å². The molecule has 5 heteroatoms. The Hall–Kier alpha value is -1.10. The van der Waals surface area contributed by atoms with Gasteiger partial charge in [0.05, 0.1) is 0 Å². The van der Waals surface area contributed by atoms with Crippen molar-refractivity contribution in [2.45, 2.75) is 50.7 Å². The van der Waals surface area contributed by atoms with Crippen molar-refractivity contribution in [3.63, 3.8) is 0 Å². The lowest BCUT2D eigenvalue weighted by Crippen LogP contribution is -2.58. The number of carbonyl (C=O) groups is 1. The van der Waals surface area contributed by atoms with Crippen LogP contribution in [0, 0.1) is 0 Å². The Labute approximate surface area is 102 Å². The lowest BCUT2D eigenvalue weighted by Gasteiger charge is -2.37. The van der Waals surface area contributed by atoms with Crippen molar-refractivity contribution < 1.29 is 4.79 Å². The van der Waals surface area contributed by atoms with Gasteiger partial charge in [-0.1, -0.05) is 0 Å². The molecule has 1 atom stereocenters. The second-order valence-electron chi connectivity index (χ2n) is 5.73. The summed E-state index contributed by atoms with van der Waals surface area (Å²) in [5.74, 6) is 0.527. The van der Waals surface area contributed by atoms with E-state index in [0.29, 0.717) is 5.84 Å². The van der Waals surface area contributed by atoms with Crippen molar-refractivity contribution in [3.05, 3.63) is 0 Å². The number of hydrogen-bond acceptors (Lipinski definition) is 3. The van der Waals surface area contributed by atoms with Crippen LogP contribution in [0.25, 0.3) is 0 Å². The van der Waals surface area contributed by atoms with Gasteiger partial charge in [-0.05, 0) is 33.1 Å². The van der Waals surface area contributed by atoms with Crippen LogP contribution in [-0.2, 0) is 0 Å². The van der Waals surface area contributed by atoms with Gasteiger partial charge >= 0.3 is 6.03 Å². The molecule has 1 spiro atoms. The van der Waals surface area contributed by atoms with E-state index in [9.17, 15) is 4.79 Å². The smallest absolute Gasteiger partial charge is 0.346 e. The zero-order valence-corrected chi connectivity index (χ0v) is 10.5. The maximum absolute atomic E-state index is 11.9. The molecule has 17 heavy (non-hydrogen) atoms. The predicted molar refractivity (Wildman–Crippen MR) is 65.9 cm³/mol. The summed E-state index contributed by atoms with van der Waals surface area (Å²) in [4.78, 5) is 20.3. The Morgan fingerprint density at radius 2 is 2.18 bits per heavy atom. The molecule has 0 radical (unpaired) electrons. The van der Waals surface area contributed by atoms with E-state index in [1.54, 1.807) is 0 Å². The Kier molecular flexibility index (Phi) is 2.23. The lowest BCUT2D eigenvalue weighted by molar-refractivity contribution is 0.146. The number of aliphatic imine (C=N–C) groups is 1. The standard InChI is InChI=1S/C12H20N4O/c1-8(2)16-11(17)14-10(13)12(16)5-6-15(7-12)9-3-4-9/h8-9H,3-7H2,1-2H3,(H2,13,14,17). The van der Waals surface area contributed by atoms with Crippen molar-refractivity contribution in [1.82, 2.24) is 9.80 Å². The fraction of sp³-hybridized carbons (Fsp3) is 0.833. The molecular formula is C12H20N4O. The first-order valence-corrected chi connectivity index (χ1v) is 6.46. The van der Waals surface area contributed by atoms with Gasteiger partial charge in [-0.3, -0.25) is 4.90 Å². The van der Waals surface area contributed by atoms with Crippen LogP contribution in [0.5, 0.6) is 0 Å². The molecule has 0 bridgehead atoms. The van der Waals surface area contributed by atoms with E-state index < -0.39 is 0 Å². The van der Waals surface area contributed by atoms with Crippen LogP contribution in [-0.4, -0.2) is 52.4 Å². The first-order chi connectivity index (χ1) is 8.04. The van der Waals surface area contributed by atoms with Gasteiger partial charge in [-0.15, -0.1) is 0 Å². The molecule has 2 amide bonds. The van der Waals surface area contributed by atoms with Gasteiger partial charge in [0.15, 0.2) is 0 Å². The minimum Gasteiger partial charge on any atom is -0.385 e. The average Bonchev–Trinajstić information content (AvgIpc) is 2.95. The van der Waals surface area contributed by atoms with Crippen LogP contribution < -0.4 is 5.73 Å². The number of nitrogens with zero attached hydrogens (tertiary/aromatic N) is 3. The molecule has 3 rings (SSSR count). The Balaban J connectivity index is 1.88. The Bertz CT molecular complexity index is 388. The third-order valence-electron chi connectivity index (χ3n) is 4.22. The highest BCUT2D eigenvalue weighted by Crippen LogP contribution is 2.39. The molecule has 94 valence electrons. The van der Waals surface area contributed by atoms with Crippen LogP contribution in [0.15, 0.2) is 4.99 Å². The fourth-order valence-corrected chi connectivity index (χ4v) is 3.26. The third-order valence-corrected chi connectivity index (χ3v) is 4.22. The van der Waals surface area contributed by atoms with Crippen LogP contribution in [0.1, 0.15) is 33.1 Å². The summed E-state index contributed by atoms with van der Waals surface area (Å²) in [6.07, 6.45) is 3.52. The number of nitrogens with two attached hydrogens (primary N) is 1. The summed E-state index contributed by atoms with van der Waals surface area (Å²) < 4.78 is 0. The minimum atomic E-state index is -0.312. The number of likely N-dealkylation sites (tertiary alicyclic amines) is 1. The number of amidine groups is 1. The van der Waals surface area contributed by atoms with E-state index >= 15 is 0 Å². The summed E-state index contributed by atoms with van der Waals surface area (Å²) in [5.41, 5.74) is 5.73. The number of carbonyl (C=O) groups excluding carboxylic acids is 1. The number of urea groups is 1. The molecule has 2 fully saturated rings. The molecule has 1 unspecified atom stereocenters. The maximum atomic E-state index is 11.9. The van der Waals surface area contributed by atoms with Gasteiger partial charge in [-0.25, -0.2) is 4.79 Å². The van der Waals surface area contributed by atoms with Crippen LogP contribution in [0.3, 0.4) is 0 Å². The predicted octanol–water partition coefficient (Wildman–Crippen LogP) is 0.794. The van der Waals surface area contributed by atoms with E-state index in [4.69, 9.17) is 5.73 Å². The SMILES string of the molecule is CC(C)N1C(=O)N=C(N)C12CCN(C1CC1)C2. The van der Waals surface area contributed by atoms with E-state index in [0.717, 1.165) is 25.6 Å². The topological polar surface area (TPSA) is 61.9 Å². The fourth-order valence-electron chi connectivity index (χ4n) is 3.26. The summed E-state index contributed by atoms with van der Waals surface area (Å²) in [6.45, 7) is 5.98. The van der Waals surface area contributed by atoms with Crippen molar-refractivity contribution in [1.29, 1.82) is 0 Å². The van der Waals surface area contributed by atoms with Gasteiger partial charge in [0.1, 0.15) is 11.4 Å². The Morgan fingerprint density at radius 1 is 1.47 bits per heavy atom. The van der Waals surface area contributed by atoms with Crippen molar-refractivity contribution >= 4 is 11.9 Å². The zero-order chi connectivity index (χ0) is 12.2. The zero-order valence-electron chi connectivity index (χ0n) is 10.5. The van der Waals surface area contributed by atoms with Gasteiger partial charge in [0.2, 0.25) is 0 Å². The maximum Gasteiger partial charge on any atom is 0.346 e. The normalized spacial score (nSPS) is 34.2. The van der Waals surface area contributed by atoms with Crippen molar-refractivity contribution in [2.75, 3.05) is 13.1 Å². The first-order valence-electron chi connectivity index (χ1n) is 6.46. The molecule has 2 aliphatic heterocycles. The van der Waals surface area contributed by atoms with Gasteiger partial charge in [0.25, 0.3) is 0 Å². The largest absolute Gasteiger partial charge is 0.385 e. The monoisotopic (exact) mass is 236 g/mol. The molecule has 0 aromatic carbocycles. The number of hydrogen-bond donors (Lipinski definition) is 1. The first kappa shape index (κ1) is 11.0. The van der Waals surface area contributed by atoms with Crippen LogP contribution >= 0.6 is 0 Å². The second-order valence-corrected chi connectivity index (χ2v) is 5.73. The quantitative estimate of drug-likeness (QED) is 0.771. The molecular weight excluding hydrogens is 216 g/mol. The summed E-state index contributed by atoms with van der Waals surface area (Å²) >= 11 is 0. The average molecular weight is 236 g/mol. The molecule has 1 saturated heterocycles. The second kappa shape index (κ2) is 3.45. The number of amides is 2. The minimum absolute atomic E-state index is 0.157. The highest BCUT2D eigenvalue weighted by molar-refractivity contribution is 6.06. The molecule has 0 aromatic heterocycles. The van der Waals surface area contributed by atoms with E-state index in [1.807, 2.05) is 18.7 Å². The van der Waals surface area contributed by atoms with Gasteiger partial charge in [0, 0.05) is 25.2 Å². The summed E-state index contributed by atoms with van der Waals surface area (Å²) in [5, 5.41) is 0. The van der Waals surface area contributed by atoms with Crippen LogP contribution in [0.2, 0.25) is 0 Å². The molecule has 1 aliphatic carbocycles. The van der Waals surface area contributed by atoms with Crippen molar-refractivity contribution in [2.24, 2.45) is 10.7 Å². The summed E-state index contributed by atoms with van der Waals surface area (Å²) in [7, 11) is 0. The van der Waals surface area contributed by atoms with E-state index in [1.165, 1.54) is 12.8 Å². The molecule has 5 nitrogen and oxygen atoms in total. The highest BCUT2D eigenvalue weighted by Gasteiger charge is 2.55. The van der Waals surface area contributed by atoms with Crippen LogP contribution in [0.4, 0.5) is 4.79 Å². The molecule has 3 aliphatic rings. The highest BCUT2D eigenvalue weighted by atomic mass is 16.2.